The lowest BCUT2D eigenvalue weighted by molar-refractivity contribution is -0.161. The highest BCUT2D eigenvalue weighted by Crippen LogP contribution is 2.44. The van der Waals surface area contributed by atoms with Crippen LogP contribution in [-0.4, -0.2) is 47.4 Å². The van der Waals surface area contributed by atoms with E-state index in [1.807, 2.05) is 48.5 Å². The largest absolute Gasteiger partial charge is 0.479 e. The Balaban J connectivity index is 1.47. The summed E-state index contributed by atoms with van der Waals surface area (Å²) in [6.45, 7) is -0.812. The number of aliphatic carboxylic acids is 1. The second kappa shape index (κ2) is 5.58. The minimum Gasteiger partial charge on any atom is -0.479 e. The molecule has 128 valence electrons. The first-order chi connectivity index (χ1) is 12.0. The number of benzene rings is 2. The van der Waals surface area contributed by atoms with Crippen LogP contribution in [0.3, 0.4) is 0 Å². The number of hydrogen-bond donors (Lipinski definition) is 1. The molecule has 2 aromatic rings. The Morgan fingerprint density at radius 2 is 1.60 bits per heavy atom. The van der Waals surface area contributed by atoms with Gasteiger partial charge in [-0.3, -0.25) is 0 Å². The van der Waals surface area contributed by atoms with Crippen molar-refractivity contribution in [3.8, 4) is 11.1 Å². The molecule has 1 aliphatic carbocycles. The van der Waals surface area contributed by atoms with E-state index in [0.717, 1.165) is 27.2 Å². The molecule has 1 N–H and O–H groups in total. The van der Waals surface area contributed by atoms with Crippen molar-refractivity contribution in [1.82, 2.24) is 4.90 Å². The average molecular weight is 341 g/mol. The van der Waals surface area contributed by atoms with E-state index in [1.54, 1.807) is 0 Å². The maximum Gasteiger partial charge on any atom is 0.410 e. The van der Waals surface area contributed by atoms with E-state index in [-0.39, 0.29) is 12.5 Å². The molecule has 0 unspecified atom stereocenters. The molecule has 0 atom stereocenters. The van der Waals surface area contributed by atoms with E-state index in [4.69, 9.17) is 9.84 Å². The summed E-state index contributed by atoms with van der Waals surface area (Å²) in [7, 11) is 0. The number of fused-ring (bicyclic) bond motifs is 3. The number of amides is 1. The molecule has 4 rings (SSSR count). The van der Waals surface area contributed by atoms with Gasteiger partial charge in [0.05, 0.1) is 13.1 Å². The molecule has 0 aromatic heterocycles. The first kappa shape index (κ1) is 15.6. The molecule has 5 nitrogen and oxygen atoms in total. The van der Waals surface area contributed by atoms with Gasteiger partial charge in [0, 0.05) is 5.92 Å². The van der Waals surface area contributed by atoms with Crippen LogP contribution < -0.4 is 0 Å². The van der Waals surface area contributed by atoms with Gasteiger partial charge in [0.1, 0.15) is 6.61 Å². The predicted octanol–water partition coefficient (Wildman–Crippen LogP) is 3.04. The third-order valence-corrected chi connectivity index (χ3v) is 4.86. The van der Waals surface area contributed by atoms with Gasteiger partial charge in [0.2, 0.25) is 5.67 Å². The summed E-state index contributed by atoms with van der Waals surface area (Å²) in [6.07, 6.45) is -0.684. The van der Waals surface area contributed by atoms with E-state index in [9.17, 15) is 14.0 Å². The van der Waals surface area contributed by atoms with E-state index in [2.05, 4.69) is 0 Å². The molecule has 25 heavy (non-hydrogen) atoms. The Labute approximate surface area is 143 Å². The van der Waals surface area contributed by atoms with Gasteiger partial charge in [-0.15, -0.1) is 0 Å². The molecule has 1 saturated heterocycles. The van der Waals surface area contributed by atoms with Crippen LogP contribution in [-0.2, 0) is 9.53 Å². The second-order valence-corrected chi connectivity index (χ2v) is 6.43. The highest BCUT2D eigenvalue weighted by Gasteiger charge is 2.53. The molecule has 0 spiro atoms. The Hall–Kier alpha value is -2.89. The average Bonchev–Trinajstić information content (AvgIpc) is 2.91. The number of nitrogens with zero attached hydrogens (tertiary/aromatic N) is 1. The minimum absolute atomic E-state index is 0.0766. The Morgan fingerprint density at radius 3 is 2.12 bits per heavy atom. The summed E-state index contributed by atoms with van der Waals surface area (Å²) in [4.78, 5) is 23.9. The van der Waals surface area contributed by atoms with Crippen LogP contribution >= 0.6 is 0 Å². The molecule has 0 radical (unpaired) electrons. The maximum absolute atomic E-state index is 13.7. The molecule has 1 heterocycles. The molecule has 1 aliphatic heterocycles. The number of ether oxygens (including phenoxy) is 1. The van der Waals surface area contributed by atoms with Gasteiger partial charge >= 0.3 is 12.1 Å². The van der Waals surface area contributed by atoms with Crippen molar-refractivity contribution in [2.75, 3.05) is 19.7 Å². The number of carboxylic acid groups (broad SMARTS) is 1. The van der Waals surface area contributed by atoms with Crippen molar-refractivity contribution in [3.63, 3.8) is 0 Å². The van der Waals surface area contributed by atoms with Crippen molar-refractivity contribution >= 4 is 12.1 Å². The number of rotatable bonds is 3. The third kappa shape index (κ3) is 2.45. The van der Waals surface area contributed by atoms with Crippen LogP contribution in [0.1, 0.15) is 17.0 Å². The Bertz CT molecular complexity index is 815. The van der Waals surface area contributed by atoms with Crippen molar-refractivity contribution in [3.05, 3.63) is 59.7 Å². The van der Waals surface area contributed by atoms with Crippen LogP contribution in [0, 0.1) is 0 Å². The summed E-state index contributed by atoms with van der Waals surface area (Å²) in [6, 6.07) is 15.9. The Kier molecular flexibility index (Phi) is 3.49. The van der Waals surface area contributed by atoms with E-state index >= 15 is 0 Å². The summed E-state index contributed by atoms with van der Waals surface area (Å²) in [5.41, 5.74) is 2.07. The molecular formula is C19H16FNO4. The lowest BCUT2D eigenvalue weighted by Gasteiger charge is -2.40. The molecule has 1 amide bonds. The molecule has 6 heteroatoms. The monoisotopic (exact) mass is 341 g/mol. The van der Waals surface area contributed by atoms with Gasteiger partial charge in [-0.25, -0.2) is 14.0 Å². The van der Waals surface area contributed by atoms with Crippen molar-refractivity contribution in [1.29, 1.82) is 0 Å². The standard InChI is InChI=1S/C19H16FNO4/c20-19(17(22)23)10-21(11-19)18(24)25-9-16-14-7-3-1-5-12(14)13-6-2-4-8-15(13)16/h1-8,16H,9-11H2,(H,22,23). The molecule has 2 aromatic carbocycles. The van der Waals surface area contributed by atoms with Crippen LogP contribution in [0.25, 0.3) is 11.1 Å². The molecule has 1 fully saturated rings. The molecule has 2 aliphatic rings. The summed E-state index contributed by atoms with van der Waals surface area (Å²) in [5.74, 6) is -1.62. The van der Waals surface area contributed by atoms with Crippen LogP contribution in [0.4, 0.5) is 9.18 Å². The minimum atomic E-state index is -2.36. The molecular weight excluding hydrogens is 325 g/mol. The normalized spacial score (nSPS) is 17.4. The number of carbonyl (C=O) groups excluding carboxylic acids is 1. The molecule has 0 saturated carbocycles. The van der Waals surface area contributed by atoms with E-state index in [0.29, 0.717) is 0 Å². The number of alkyl halides is 1. The topological polar surface area (TPSA) is 66.8 Å². The first-order valence-electron chi connectivity index (χ1n) is 8.02. The highest BCUT2D eigenvalue weighted by atomic mass is 19.1. The van der Waals surface area contributed by atoms with E-state index in [1.165, 1.54) is 0 Å². The number of hydrogen-bond acceptors (Lipinski definition) is 3. The summed E-state index contributed by atoms with van der Waals surface area (Å²) < 4.78 is 19.1. The fourth-order valence-corrected chi connectivity index (χ4v) is 3.51. The summed E-state index contributed by atoms with van der Waals surface area (Å²) in [5, 5.41) is 8.76. The second-order valence-electron chi connectivity index (χ2n) is 6.43. The first-order valence-corrected chi connectivity index (χ1v) is 8.02. The van der Waals surface area contributed by atoms with Crippen LogP contribution in [0.5, 0.6) is 0 Å². The van der Waals surface area contributed by atoms with Gasteiger partial charge in [0.15, 0.2) is 0 Å². The van der Waals surface area contributed by atoms with Crippen LogP contribution in [0.2, 0.25) is 0 Å². The number of carboxylic acids is 1. The zero-order chi connectivity index (χ0) is 17.6. The predicted molar refractivity (Wildman–Crippen MR) is 88.1 cm³/mol. The number of likely N-dealkylation sites (tertiary alicyclic amines) is 1. The van der Waals surface area contributed by atoms with Gasteiger partial charge in [-0.05, 0) is 22.3 Å². The lowest BCUT2D eigenvalue weighted by Crippen LogP contribution is -2.64. The highest BCUT2D eigenvalue weighted by molar-refractivity contribution is 5.83. The smallest absolute Gasteiger partial charge is 0.410 e. The Morgan fingerprint density at radius 1 is 1.08 bits per heavy atom. The fourth-order valence-electron chi connectivity index (χ4n) is 3.51. The lowest BCUT2D eigenvalue weighted by atomic mass is 9.97. The third-order valence-electron chi connectivity index (χ3n) is 4.86. The van der Waals surface area contributed by atoms with Crippen molar-refractivity contribution < 1.29 is 23.8 Å². The van der Waals surface area contributed by atoms with E-state index < -0.39 is 30.8 Å². The van der Waals surface area contributed by atoms with Gasteiger partial charge < -0.3 is 14.7 Å². The SMILES string of the molecule is O=C(OCC1c2ccccc2-c2ccccc21)N1CC(F)(C(=O)O)C1. The fraction of sp³-hybridized carbons (Fsp3) is 0.263. The quantitative estimate of drug-likeness (QED) is 0.932. The maximum atomic E-state index is 13.7. The van der Waals surface area contributed by atoms with Crippen molar-refractivity contribution in [2.24, 2.45) is 0 Å². The van der Waals surface area contributed by atoms with Crippen LogP contribution in [0.15, 0.2) is 48.5 Å². The zero-order valence-corrected chi connectivity index (χ0v) is 13.3. The van der Waals surface area contributed by atoms with Gasteiger partial charge in [-0.1, -0.05) is 48.5 Å². The summed E-state index contributed by atoms with van der Waals surface area (Å²) >= 11 is 0. The number of carbonyl (C=O) groups is 2. The molecule has 0 bridgehead atoms. The van der Waals surface area contributed by atoms with Gasteiger partial charge in [-0.2, -0.15) is 0 Å². The van der Waals surface area contributed by atoms with Crippen molar-refractivity contribution in [2.45, 2.75) is 11.6 Å². The zero-order valence-electron chi connectivity index (χ0n) is 13.3. The van der Waals surface area contributed by atoms with Gasteiger partial charge in [0.25, 0.3) is 0 Å². The number of halogens is 1.